The molecule has 3 nitrogen and oxygen atoms in total. The fraction of sp³-hybridized carbons (Fsp3) is 0.286. The van der Waals surface area contributed by atoms with Crippen LogP contribution in [-0.4, -0.2) is 22.1 Å². The number of nitrogens with zero attached hydrogens (tertiary/aromatic N) is 1. The summed E-state index contributed by atoms with van der Waals surface area (Å²) in [4.78, 5) is 11.0. The van der Waals surface area contributed by atoms with E-state index >= 15 is 0 Å². The molecule has 0 fully saturated rings. The van der Waals surface area contributed by atoms with Gasteiger partial charge in [-0.15, -0.1) is 0 Å². The van der Waals surface area contributed by atoms with Gasteiger partial charge < -0.3 is 9.67 Å². The largest absolute Gasteiger partial charge is 0.388 e. The van der Waals surface area contributed by atoms with E-state index in [1.165, 1.54) is 0 Å². The van der Waals surface area contributed by atoms with Gasteiger partial charge in [-0.05, 0) is 22.0 Å². The average Bonchev–Trinajstić information content (AvgIpc) is 2.28. The van der Waals surface area contributed by atoms with Crippen LogP contribution in [-0.2, 0) is 7.05 Å². The Labute approximate surface area is 72.8 Å². The van der Waals surface area contributed by atoms with Crippen LogP contribution >= 0.6 is 15.9 Å². The Balaban J connectivity index is 3.03. The van der Waals surface area contributed by atoms with Crippen molar-refractivity contribution in [2.75, 3.05) is 6.61 Å². The molecule has 0 bridgehead atoms. The molecule has 0 aliphatic carbocycles. The predicted molar refractivity (Wildman–Crippen MR) is 44.5 cm³/mol. The van der Waals surface area contributed by atoms with Gasteiger partial charge in [-0.2, -0.15) is 0 Å². The first-order chi connectivity index (χ1) is 5.15. The number of aliphatic hydroxyl groups excluding tert-OH is 1. The zero-order valence-corrected chi connectivity index (χ0v) is 7.63. The Bertz CT molecular complexity index is 280. The summed E-state index contributed by atoms with van der Waals surface area (Å²) in [6.45, 7) is -0.440. The molecule has 1 aromatic rings. The standard InChI is InChI=1S/C7H8BrNO2/c1-9-3-5(8)2-6(9)7(11)4-10/h2-3,10H,4H2,1H3. The zero-order valence-electron chi connectivity index (χ0n) is 6.04. The van der Waals surface area contributed by atoms with Crippen LogP contribution < -0.4 is 0 Å². The maximum absolute atomic E-state index is 11.0. The quantitative estimate of drug-likeness (QED) is 0.751. The number of halogens is 1. The van der Waals surface area contributed by atoms with E-state index in [0.717, 1.165) is 4.47 Å². The molecule has 1 aromatic heterocycles. The molecule has 0 amide bonds. The van der Waals surface area contributed by atoms with E-state index < -0.39 is 6.61 Å². The minimum absolute atomic E-state index is 0.266. The van der Waals surface area contributed by atoms with E-state index in [9.17, 15) is 4.79 Å². The van der Waals surface area contributed by atoms with Crippen molar-refractivity contribution in [1.82, 2.24) is 4.57 Å². The van der Waals surface area contributed by atoms with Crippen LogP contribution in [0.3, 0.4) is 0 Å². The number of aromatic nitrogens is 1. The van der Waals surface area contributed by atoms with Gasteiger partial charge in [0.1, 0.15) is 6.61 Å². The van der Waals surface area contributed by atoms with E-state index in [4.69, 9.17) is 5.11 Å². The fourth-order valence-corrected chi connectivity index (χ4v) is 1.41. The molecule has 0 radical (unpaired) electrons. The number of carbonyl (C=O) groups is 1. The lowest BCUT2D eigenvalue weighted by Gasteiger charge is -1.96. The predicted octanol–water partition coefficient (Wildman–Crippen LogP) is 0.963. The van der Waals surface area contributed by atoms with Crippen LogP contribution in [0, 0.1) is 0 Å². The lowest BCUT2D eigenvalue weighted by atomic mass is 10.3. The van der Waals surface area contributed by atoms with Crippen molar-refractivity contribution in [3.05, 3.63) is 22.4 Å². The van der Waals surface area contributed by atoms with Crippen LogP contribution in [0.4, 0.5) is 0 Å². The van der Waals surface area contributed by atoms with Gasteiger partial charge in [-0.25, -0.2) is 0 Å². The van der Waals surface area contributed by atoms with Gasteiger partial charge in [0.15, 0.2) is 0 Å². The van der Waals surface area contributed by atoms with Gasteiger partial charge in [-0.1, -0.05) is 0 Å². The highest BCUT2D eigenvalue weighted by Gasteiger charge is 2.08. The van der Waals surface area contributed by atoms with Crippen molar-refractivity contribution in [3.63, 3.8) is 0 Å². The number of hydrogen-bond donors (Lipinski definition) is 1. The van der Waals surface area contributed by atoms with Gasteiger partial charge in [0, 0.05) is 17.7 Å². The summed E-state index contributed by atoms with van der Waals surface area (Å²) >= 11 is 3.23. The molecular weight excluding hydrogens is 210 g/mol. The molecule has 1 heterocycles. The van der Waals surface area contributed by atoms with Crippen molar-refractivity contribution in [1.29, 1.82) is 0 Å². The van der Waals surface area contributed by atoms with E-state index in [-0.39, 0.29) is 5.78 Å². The summed E-state index contributed by atoms with van der Waals surface area (Å²) in [6.07, 6.45) is 1.77. The lowest BCUT2D eigenvalue weighted by molar-refractivity contribution is 0.0895. The first-order valence-electron chi connectivity index (χ1n) is 3.11. The number of aryl methyl sites for hydroxylation is 1. The number of ketones is 1. The Morgan fingerprint density at radius 3 is 2.82 bits per heavy atom. The molecule has 60 valence electrons. The molecule has 0 spiro atoms. The molecule has 11 heavy (non-hydrogen) atoms. The Morgan fingerprint density at radius 2 is 2.45 bits per heavy atom. The lowest BCUT2D eigenvalue weighted by Crippen LogP contribution is -2.08. The SMILES string of the molecule is Cn1cc(Br)cc1C(=O)CO. The van der Waals surface area contributed by atoms with Crippen molar-refractivity contribution in [2.24, 2.45) is 7.05 Å². The molecule has 1 N–H and O–H groups in total. The van der Waals surface area contributed by atoms with E-state index in [1.54, 1.807) is 23.9 Å². The summed E-state index contributed by atoms with van der Waals surface area (Å²) in [7, 11) is 1.76. The van der Waals surface area contributed by atoms with E-state index in [0.29, 0.717) is 5.69 Å². The number of rotatable bonds is 2. The third-order valence-electron chi connectivity index (χ3n) is 1.40. The van der Waals surface area contributed by atoms with Crippen LogP contribution in [0.5, 0.6) is 0 Å². The third-order valence-corrected chi connectivity index (χ3v) is 1.83. The van der Waals surface area contributed by atoms with Crippen molar-refractivity contribution in [2.45, 2.75) is 0 Å². The van der Waals surface area contributed by atoms with Crippen molar-refractivity contribution < 1.29 is 9.90 Å². The smallest absolute Gasteiger partial charge is 0.204 e. The first-order valence-corrected chi connectivity index (χ1v) is 3.90. The highest BCUT2D eigenvalue weighted by atomic mass is 79.9. The molecule has 0 saturated heterocycles. The van der Waals surface area contributed by atoms with Gasteiger partial charge >= 0.3 is 0 Å². The van der Waals surface area contributed by atoms with E-state index in [2.05, 4.69) is 15.9 Å². The second kappa shape index (κ2) is 3.19. The summed E-state index contributed by atoms with van der Waals surface area (Å²) in [5.74, 6) is -0.266. The average molecular weight is 218 g/mol. The summed E-state index contributed by atoms with van der Waals surface area (Å²) in [5.41, 5.74) is 0.513. The second-order valence-corrected chi connectivity index (χ2v) is 3.15. The molecule has 0 aromatic carbocycles. The molecule has 0 aliphatic rings. The molecular formula is C7H8BrNO2. The third kappa shape index (κ3) is 1.70. The topological polar surface area (TPSA) is 42.2 Å². The number of hydrogen-bond acceptors (Lipinski definition) is 2. The summed E-state index contributed by atoms with van der Waals surface area (Å²) in [6, 6.07) is 1.68. The maximum Gasteiger partial charge on any atom is 0.204 e. The Morgan fingerprint density at radius 1 is 1.82 bits per heavy atom. The van der Waals surface area contributed by atoms with Gasteiger partial charge in [0.05, 0.1) is 5.69 Å². The van der Waals surface area contributed by atoms with Gasteiger partial charge in [0.25, 0.3) is 0 Å². The fourth-order valence-electron chi connectivity index (χ4n) is 0.882. The Hall–Kier alpha value is -0.610. The van der Waals surface area contributed by atoms with Crippen LogP contribution in [0.1, 0.15) is 10.5 Å². The molecule has 0 atom stereocenters. The van der Waals surface area contributed by atoms with Gasteiger partial charge in [0.2, 0.25) is 5.78 Å². The second-order valence-electron chi connectivity index (χ2n) is 2.24. The highest BCUT2D eigenvalue weighted by molar-refractivity contribution is 9.10. The molecule has 1 rings (SSSR count). The van der Waals surface area contributed by atoms with Crippen LogP contribution in [0.15, 0.2) is 16.7 Å². The molecule has 0 saturated carbocycles. The summed E-state index contributed by atoms with van der Waals surface area (Å²) in [5, 5.41) is 8.54. The zero-order chi connectivity index (χ0) is 8.43. The number of aliphatic hydroxyl groups is 1. The normalized spacial score (nSPS) is 10.1. The van der Waals surface area contributed by atoms with Crippen molar-refractivity contribution >= 4 is 21.7 Å². The summed E-state index contributed by atoms with van der Waals surface area (Å²) < 4.78 is 2.51. The Kier molecular flexibility index (Phi) is 2.46. The van der Waals surface area contributed by atoms with E-state index in [1.807, 2.05) is 0 Å². The minimum Gasteiger partial charge on any atom is -0.388 e. The first kappa shape index (κ1) is 8.49. The molecule has 4 heteroatoms. The highest BCUT2D eigenvalue weighted by Crippen LogP contribution is 2.13. The minimum atomic E-state index is -0.440. The van der Waals surface area contributed by atoms with Crippen molar-refractivity contribution in [3.8, 4) is 0 Å². The van der Waals surface area contributed by atoms with Gasteiger partial charge in [-0.3, -0.25) is 4.79 Å². The maximum atomic E-state index is 11.0. The van der Waals surface area contributed by atoms with Crippen LogP contribution in [0.25, 0.3) is 0 Å². The van der Waals surface area contributed by atoms with Crippen LogP contribution in [0.2, 0.25) is 0 Å². The molecule has 0 unspecified atom stereocenters. The number of Topliss-reactive ketones (excluding diaryl/α,β-unsaturated/α-hetero) is 1. The molecule has 0 aliphatic heterocycles. The monoisotopic (exact) mass is 217 g/mol. The number of carbonyl (C=O) groups excluding carboxylic acids is 1.